The molecule has 1 saturated heterocycles. The molecule has 114 valence electrons. The highest BCUT2D eigenvalue weighted by molar-refractivity contribution is 5.99. The van der Waals surface area contributed by atoms with E-state index in [0.29, 0.717) is 23.1 Å². The summed E-state index contributed by atoms with van der Waals surface area (Å²) in [6, 6.07) is 4.83. The van der Waals surface area contributed by atoms with Crippen molar-refractivity contribution in [1.82, 2.24) is 14.9 Å². The maximum absolute atomic E-state index is 12.8. The van der Waals surface area contributed by atoms with E-state index >= 15 is 0 Å². The second kappa shape index (κ2) is 5.36. The van der Waals surface area contributed by atoms with Crippen molar-refractivity contribution in [3.8, 4) is 0 Å². The van der Waals surface area contributed by atoms with Crippen LogP contribution in [0.5, 0.6) is 0 Å². The lowest BCUT2D eigenvalue weighted by atomic mass is 10.0. The Morgan fingerprint density at radius 3 is 2.77 bits per heavy atom. The summed E-state index contributed by atoms with van der Waals surface area (Å²) in [5.74, 6) is -0.240. The Balaban J connectivity index is 2.21. The van der Waals surface area contributed by atoms with Crippen LogP contribution < -0.4 is 10.9 Å². The predicted octanol–water partition coefficient (Wildman–Crippen LogP) is 1.25. The molecule has 1 atom stereocenters. The van der Waals surface area contributed by atoms with Crippen LogP contribution >= 0.6 is 0 Å². The number of carbonyl (C=O) groups is 2. The Bertz CT molecular complexity index is 838. The number of piperidine rings is 1. The van der Waals surface area contributed by atoms with E-state index < -0.39 is 11.9 Å². The molecule has 6 nitrogen and oxygen atoms in total. The molecule has 1 fully saturated rings. The normalized spacial score (nSPS) is 18.5. The first kappa shape index (κ1) is 14.4. The van der Waals surface area contributed by atoms with Gasteiger partial charge in [0.25, 0.3) is 5.56 Å². The number of benzene rings is 1. The Labute approximate surface area is 127 Å². The van der Waals surface area contributed by atoms with E-state index in [-0.39, 0.29) is 17.9 Å². The molecule has 0 aliphatic carbocycles. The highest BCUT2D eigenvalue weighted by atomic mass is 16.2. The second-order valence-corrected chi connectivity index (χ2v) is 5.47. The van der Waals surface area contributed by atoms with Gasteiger partial charge in [0.2, 0.25) is 11.8 Å². The number of amides is 2. The van der Waals surface area contributed by atoms with Gasteiger partial charge in [0.15, 0.2) is 0 Å². The first-order valence-corrected chi connectivity index (χ1v) is 7.37. The molecular formula is C16H17N3O3. The summed E-state index contributed by atoms with van der Waals surface area (Å²) < 4.78 is 1.41. The molecular weight excluding hydrogens is 282 g/mol. The molecule has 0 spiro atoms. The van der Waals surface area contributed by atoms with Crippen molar-refractivity contribution in [2.45, 2.75) is 39.2 Å². The molecule has 0 bridgehead atoms. The molecule has 2 amide bonds. The predicted molar refractivity (Wildman–Crippen MR) is 81.5 cm³/mol. The molecule has 6 heteroatoms. The van der Waals surface area contributed by atoms with Gasteiger partial charge in [0.1, 0.15) is 11.9 Å². The summed E-state index contributed by atoms with van der Waals surface area (Å²) in [6.07, 6.45) is 1.34. The van der Waals surface area contributed by atoms with E-state index in [1.807, 2.05) is 19.1 Å². The fraction of sp³-hybridized carbons (Fsp3) is 0.375. The molecule has 2 aromatic rings. The van der Waals surface area contributed by atoms with Crippen LogP contribution in [0.25, 0.3) is 10.9 Å². The third-order valence-electron chi connectivity index (χ3n) is 4.09. The van der Waals surface area contributed by atoms with Gasteiger partial charge in [-0.3, -0.25) is 24.3 Å². The minimum absolute atomic E-state index is 0.229. The van der Waals surface area contributed by atoms with Crippen molar-refractivity contribution in [2.75, 3.05) is 0 Å². The first-order chi connectivity index (χ1) is 10.5. The topological polar surface area (TPSA) is 81.1 Å². The molecule has 1 aliphatic heterocycles. The number of para-hydroxylation sites is 1. The van der Waals surface area contributed by atoms with Gasteiger partial charge in [-0.15, -0.1) is 0 Å². The maximum Gasteiger partial charge on any atom is 0.262 e. The molecule has 1 aliphatic rings. The quantitative estimate of drug-likeness (QED) is 0.846. The highest BCUT2D eigenvalue weighted by Gasteiger charge is 2.30. The van der Waals surface area contributed by atoms with Crippen LogP contribution in [0.4, 0.5) is 0 Å². The fourth-order valence-corrected chi connectivity index (χ4v) is 2.97. The summed E-state index contributed by atoms with van der Waals surface area (Å²) in [5.41, 5.74) is 1.47. The zero-order valence-corrected chi connectivity index (χ0v) is 12.5. The lowest BCUT2D eigenvalue weighted by Gasteiger charge is -2.24. The average molecular weight is 299 g/mol. The Kier molecular flexibility index (Phi) is 3.52. The van der Waals surface area contributed by atoms with Crippen molar-refractivity contribution in [3.05, 3.63) is 39.9 Å². The first-order valence-electron chi connectivity index (χ1n) is 7.37. The van der Waals surface area contributed by atoms with Crippen molar-refractivity contribution < 1.29 is 9.59 Å². The molecule has 3 rings (SSSR count). The number of aromatic nitrogens is 2. The molecule has 1 aromatic heterocycles. The third kappa shape index (κ3) is 2.20. The maximum atomic E-state index is 12.8. The number of carbonyl (C=O) groups excluding carboxylic acids is 2. The van der Waals surface area contributed by atoms with Gasteiger partial charge >= 0.3 is 0 Å². The summed E-state index contributed by atoms with van der Waals surface area (Å²) in [5, 5.41) is 2.80. The van der Waals surface area contributed by atoms with E-state index in [1.54, 1.807) is 13.0 Å². The number of aryl methyl sites for hydroxylation is 2. The third-order valence-corrected chi connectivity index (χ3v) is 4.09. The van der Waals surface area contributed by atoms with E-state index in [2.05, 4.69) is 10.3 Å². The van der Waals surface area contributed by atoms with Gasteiger partial charge in [-0.25, -0.2) is 4.98 Å². The monoisotopic (exact) mass is 299 g/mol. The molecule has 0 radical (unpaired) electrons. The number of nitrogens with one attached hydrogen (secondary N) is 1. The Morgan fingerprint density at radius 1 is 1.32 bits per heavy atom. The Hall–Kier alpha value is -2.50. The van der Waals surface area contributed by atoms with E-state index in [4.69, 9.17) is 0 Å². The zero-order chi connectivity index (χ0) is 15.9. The molecule has 1 N–H and O–H groups in total. The minimum Gasteiger partial charge on any atom is -0.295 e. The summed E-state index contributed by atoms with van der Waals surface area (Å²) in [6.45, 7) is 3.73. The number of fused-ring (bicyclic) bond motifs is 1. The number of rotatable bonds is 2. The van der Waals surface area contributed by atoms with Crippen molar-refractivity contribution in [2.24, 2.45) is 0 Å². The largest absolute Gasteiger partial charge is 0.295 e. The fourth-order valence-electron chi connectivity index (χ4n) is 2.97. The number of imide groups is 1. The standard InChI is InChI=1S/C16H17N3O3/c1-3-10-5-4-6-11-14(10)17-9(2)19(16(11)22)12-7-8-13(20)18-15(12)21/h4-6,12H,3,7-8H2,1-2H3,(H,18,20,21). The van der Waals surface area contributed by atoms with Gasteiger partial charge in [0.05, 0.1) is 10.9 Å². The van der Waals surface area contributed by atoms with Gasteiger partial charge in [0, 0.05) is 6.42 Å². The van der Waals surface area contributed by atoms with Crippen LogP contribution in [0.1, 0.15) is 37.2 Å². The lowest BCUT2D eigenvalue weighted by Crippen LogP contribution is -2.45. The van der Waals surface area contributed by atoms with Crippen LogP contribution in [0.3, 0.4) is 0 Å². The van der Waals surface area contributed by atoms with E-state index in [9.17, 15) is 14.4 Å². The summed E-state index contributed by atoms with van der Waals surface area (Å²) >= 11 is 0. The van der Waals surface area contributed by atoms with Crippen LogP contribution in [0.2, 0.25) is 0 Å². The lowest BCUT2D eigenvalue weighted by molar-refractivity contribution is -0.135. The average Bonchev–Trinajstić information content (AvgIpc) is 2.49. The van der Waals surface area contributed by atoms with E-state index in [1.165, 1.54) is 4.57 Å². The van der Waals surface area contributed by atoms with Gasteiger partial charge in [-0.2, -0.15) is 0 Å². The van der Waals surface area contributed by atoms with Crippen molar-refractivity contribution in [1.29, 1.82) is 0 Å². The number of nitrogens with zero attached hydrogens (tertiary/aromatic N) is 2. The molecule has 22 heavy (non-hydrogen) atoms. The van der Waals surface area contributed by atoms with Crippen LogP contribution in [-0.4, -0.2) is 21.4 Å². The zero-order valence-electron chi connectivity index (χ0n) is 12.5. The van der Waals surface area contributed by atoms with Crippen molar-refractivity contribution >= 4 is 22.7 Å². The van der Waals surface area contributed by atoms with Gasteiger partial charge in [-0.05, 0) is 31.4 Å². The van der Waals surface area contributed by atoms with Gasteiger partial charge < -0.3 is 0 Å². The molecule has 2 heterocycles. The van der Waals surface area contributed by atoms with E-state index in [0.717, 1.165) is 12.0 Å². The highest BCUT2D eigenvalue weighted by Crippen LogP contribution is 2.21. The van der Waals surface area contributed by atoms with Gasteiger partial charge in [-0.1, -0.05) is 19.1 Å². The van der Waals surface area contributed by atoms with Crippen molar-refractivity contribution in [3.63, 3.8) is 0 Å². The second-order valence-electron chi connectivity index (χ2n) is 5.47. The van der Waals surface area contributed by atoms with Crippen LogP contribution in [0.15, 0.2) is 23.0 Å². The smallest absolute Gasteiger partial charge is 0.262 e. The summed E-state index contributed by atoms with van der Waals surface area (Å²) in [4.78, 5) is 40.7. The minimum atomic E-state index is -0.674. The SMILES string of the molecule is CCc1cccc2c(=O)n(C3CCC(=O)NC3=O)c(C)nc12. The molecule has 0 saturated carbocycles. The van der Waals surface area contributed by atoms with Crippen LogP contribution in [-0.2, 0) is 16.0 Å². The summed E-state index contributed by atoms with van der Waals surface area (Å²) in [7, 11) is 0. The van der Waals surface area contributed by atoms with Crippen LogP contribution in [0, 0.1) is 6.92 Å². The number of hydrogen-bond donors (Lipinski definition) is 1. The molecule has 1 unspecified atom stereocenters. The Morgan fingerprint density at radius 2 is 2.09 bits per heavy atom. The molecule has 1 aromatic carbocycles. The number of hydrogen-bond acceptors (Lipinski definition) is 4.